The Hall–Kier alpha value is -2.70. The molecule has 160 valence electrons. The fraction of sp³-hybridized carbons (Fsp3) is 0.0714. The first-order valence-electron chi connectivity index (χ1n) is 10.8. The van der Waals surface area contributed by atoms with Gasteiger partial charge >= 0.3 is 0 Å². The van der Waals surface area contributed by atoms with Gasteiger partial charge in [0.2, 0.25) is 0 Å². The number of hydrogen-bond donors (Lipinski definition) is 1. The molecule has 0 spiro atoms. The highest BCUT2D eigenvalue weighted by atomic mass is 32.1. The van der Waals surface area contributed by atoms with Gasteiger partial charge in [-0.3, -0.25) is 0 Å². The lowest BCUT2D eigenvalue weighted by Crippen LogP contribution is -1.84. The molecular weight excluding hydrogens is 479 g/mol. The third-order valence-corrected chi connectivity index (χ3v) is 10.5. The van der Waals surface area contributed by atoms with Gasteiger partial charge in [-0.2, -0.15) is 0 Å². The maximum Gasteiger partial charge on any atom is 0.0886 e. The molecule has 0 aliphatic rings. The first-order chi connectivity index (χ1) is 16.2. The standard InChI is InChI=1S/C28H19NS4/c1-15-3-6-24(32-15)22-13-20-16(27-18(22)9-11-30-27)4-5-17-21(20)14-23(19-10-12-31-28(17)19)25-7-8-26(29-2)33-25/h3-14,29H,1-2H3. The molecule has 0 saturated carbocycles. The zero-order valence-corrected chi connectivity index (χ0v) is 21.3. The van der Waals surface area contributed by atoms with E-state index in [0.717, 1.165) is 0 Å². The lowest BCUT2D eigenvalue weighted by Gasteiger charge is -2.12. The SMILES string of the molecule is CNc1ccc(-c2cc3c4cc(-c5ccc(C)s5)c5ccsc5c4ccc3c3sccc23)s1. The summed E-state index contributed by atoms with van der Waals surface area (Å²) in [6.45, 7) is 2.19. The minimum Gasteiger partial charge on any atom is -0.380 e. The molecule has 1 nitrogen and oxygen atoms in total. The number of anilines is 1. The van der Waals surface area contributed by atoms with Crippen LogP contribution in [0.3, 0.4) is 0 Å². The summed E-state index contributed by atoms with van der Waals surface area (Å²) in [5, 5.41) is 17.1. The van der Waals surface area contributed by atoms with Gasteiger partial charge in [-0.15, -0.1) is 45.3 Å². The number of fused-ring (bicyclic) bond motifs is 7. The average molecular weight is 498 g/mol. The van der Waals surface area contributed by atoms with Gasteiger partial charge < -0.3 is 5.32 Å². The molecule has 7 rings (SSSR count). The molecule has 0 unspecified atom stereocenters. The fourth-order valence-electron chi connectivity index (χ4n) is 4.85. The van der Waals surface area contributed by atoms with Crippen LogP contribution >= 0.6 is 45.3 Å². The van der Waals surface area contributed by atoms with E-state index in [0.29, 0.717) is 0 Å². The van der Waals surface area contributed by atoms with Crippen LogP contribution in [0.1, 0.15) is 4.88 Å². The molecule has 0 saturated heterocycles. The van der Waals surface area contributed by atoms with E-state index < -0.39 is 0 Å². The second-order valence-corrected chi connectivity index (χ2v) is 12.5. The maximum absolute atomic E-state index is 3.29. The van der Waals surface area contributed by atoms with Crippen molar-refractivity contribution in [2.45, 2.75) is 6.92 Å². The first kappa shape index (κ1) is 19.7. The average Bonchev–Trinajstić information content (AvgIpc) is 3.64. The van der Waals surface area contributed by atoms with Gasteiger partial charge in [0.25, 0.3) is 0 Å². The maximum atomic E-state index is 3.29. The molecule has 0 radical (unpaired) electrons. The highest BCUT2D eigenvalue weighted by molar-refractivity contribution is 7.20. The van der Waals surface area contributed by atoms with Gasteiger partial charge in [-0.05, 0) is 77.0 Å². The Labute approximate surface area is 207 Å². The number of benzene rings is 3. The van der Waals surface area contributed by atoms with Crippen LogP contribution in [0.25, 0.3) is 62.6 Å². The van der Waals surface area contributed by atoms with Crippen LogP contribution in [0.15, 0.2) is 71.4 Å². The molecule has 0 aliphatic carbocycles. The van der Waals surface area contributed by atoms with Crippen molar-refractivity contribution >= 4 is 92.1 Å². The van der Waals surface area contributed by atoms with Crippen molar-refractivity contribution in [2.24, 2.45) is 0 Å². The van der Waals surface area contributed by atoms with E-state index >= 15 is 0 Å². The lowest BCUT2D eigenvalue weighted by atomic mass is 9.94. The molecule has 0 atom stereocenters. The van der Waals surface area contributed by atoms with Crippen molar-refractivity contribution < 1.29 is 0 Å². The van der Waals surface area contributed by atoms with Crippen LogP contribution in [0.2, 0.25) is 0 Å². The predicted octanol–water partition coefficient (Wildman–Crippen LogP) is 10.2. The molecule has 1 N–H and O–H groups in total. The summed E-state index contributed by atoms with van der Waals surface area (Å²) in [5.41, 5.74) is 2.68. The Balaban J connectivity index is 1.63. The van der Waals surface area contributed by atoms with Crippen LogP contribution in [0, 0.1) is 6.92 Å². The summed E-state index contributed by atoms with van der Waals surface area (Å²) in [4.78, 5) is 4.02. The third-order valence-electron chi connectivity index (χ3n) is 6.39. The van der Waals surface area contributed by atoms with Gasteiger partial charge in [0, 0.05) is 63.8 Å². The van der Waals surface area contributed by atoms with Gasteiger partial charge in [0.15, 0.2) is 0 Å². The molecule has 3 aromatic carbocycles. The third kappa shape index (κ3) is 2.93. The van der Waals surface area contributed by atoms with E-state index in [-0.39, 0.29) is 0 Å². The van der Waals surface area contributed by atoms with Gasteiger partial charge in [0.1, 0.15) is 0 Å². The Morgan fingerprint density at radius 3 is 1.67 bits per heavy atom. The summed E-state index contributed by atoms with van der Waals surface area (Å²) < 4.78 is 2.76. The highest BCUT2D eigenvalue weighted by Gasteiger charge is 2.17. The van der Waals surface area contributed by atoms with E-state index in [1.165, 1.54) is 72.5 Å². The number of rotatable bonds is 3. The van der Waals surface area contributed by atoms with Crippen molar-refractivity contribution in [3.8, 4) is 20.9 Å². The summed E-state index contributed by atoms with van der Waals surface area (Å²) >= 11 is 7.41. The van der Waals surface area contributed by atoms with Crippen LogP contribution < -0.4 is 5.32 Å². The first-order valence-corrected chi connectivity index (χ1v) is 14.2. The molecule has 5 heteroatoms. The zero-order valence-electron chi connectivity index (χ0n) is 18.1. The number of aryl methyl sites for hydroxylation is 1. The smallest absolute Gasteiger partial charge is 0.0886 e. The van der Waals surface area contributed by atoms with E-state index in [1.807, 2.05) is 52.4 Å². The summed E-state index contributed by atoms with van der Waals surface area (Å²) in [6.07, 6.45) is 0. The van der Waals surface area contributed by atoms with E-state index in [2.05, 4.69) is 83.7 Å². The minimum absolute atomic E-state index is 1.20. The Morgan fingerprint density at radius 1 is 0.576 bits per heavy atom. The quantitative estimate of drug-likeness (QED) is 0.239. The Morgan fingerprint density at radius 2 is 1.15 bits per heavy atom. The Kier molecular flexibility index (Phi) is 4.43. The van der Waals surface area contributed by atoms with Crippen LogP contribution in [0.5, 0.6) is 0 Å². The largest absolute Gasteiger partial charge is 0.380 e. The monoisotopic (exact) mass is 497 g/mol. The van der Waals surface area contributed by atoms with Crippen molar-refractivity contribution in [1.82, 2.24) is 0 Å². The van der Waals surface area contributed by atoms with Gasteiger partial charge in [-0.25, -0.2) is 0 Å². The van der Waals surface area contributed by atoms with Gasteiger partial charge in [0.05, 0.1) is 5.00 Å². The molecule has 0 amide bonds. The number of thiophene rings is 4. The van der Waals surface area contributed by atoms with Crippen molar-refractivity contribution in [3.05, 3.63) is 76.3 Å². The lowest BCUT2D eigenvalue weighted by molar-refractivity contribution is 1.60. The summed E-state index contributed by atoms with van der Waals surface area (Å²) in [7, 11) is 1.99. The van der Waals surface area contributed by atoms with E-state index in [4.69, 9.17) is 0 Å². The second kappa shape index (κ2) is 7.40. The summed E-state index contributed by atoms with van der Waals surface area (Å²) in [5.74, 6) is 0. The number of nitrogens with one attached hydrogen (secondary N) is 1. The Bertz CT molecular complexity index is 1830. The van der Waals surface area contributed by atoms with Crippen LogP contribution in [-0.2, 0) is 0 Å². The molecule has 4 heterocycles. The highest BCUT2D eigenvalue weighted by Crippen LogP contribution is 2.46. The molecular formula is C28H19NS4. The fourth-order valence-corrected chi connectivity index (χ4v) is 8.54. The van der Waals surface area contributed by atoms with Crippen LogP contribution in [-0.4, -0.2) is 7.05 Å². The predicted molar refractivity (Wildman–Crippen MR) is 153 cm³/mol. The van der Waals surface area contributed by atoms with Crippen molar-refractivity contribution in [1.29, 1.82) is 0 Å². The van der Waals surface area contributed by atoms with Gasteiger partial charge in [-0.1, -0.05) is 12.1 Å². The van der Waals surface area contributed by atoms with Crippen molar-refractivity contribution in [2.75, 3.05) is 12.4 Å². The topological polar surface area (TPSA) is 12.0 Å². The van der Waals surface area contributed by atoms with E-state index in [9.17, 15) is 0 Å². The minimum atomic E-state index is 1.20. The van der Waals surface area contributed by atoms with E-state index in [1.54, 1.807) is 0 Å². The second-order valence-electron chi connectivity index (χ2n) is 8.26. The molecule has 0 bridgehead atoms. The normalized spacial score (nSPS) is 11.9. The molecule has 4 aromatic heterocycles. The number of hydrogen-bond acceptors (Lipinski definition) is 5. The molecule has 7 aromatic rings. The van der Waals surface area contributed by atoms with Crippen LogP contribution in [0.4, 0.5) is 5.00 Å². The zero-order chi connectivity index (χ0) is 22.1. The molecule has 33 heavy (non-hydrogen) atoms. The van der Waals surface area contributed by atoms with Crippen molar-refractivity contribution in [3.63, 3.8) is 0 Å². The molecule has 0 fully saturated rings. The molecule has 0 aliphatic heterocycles. The summed E-state index contributed by atoms with van der Waals surface area (Å²) in [6, 6.07) is 23.0.